The highest BCUT2D eigenvalue weighted by molar-refractivity contribution is 5.50. The lowest BCUT2D eigenvalue weighted by atomic mass is 9.93. The number of hydrogen-bond acceptors (Lipinski definition) is 3. The third-order valence-electron chi connectivity index (χ3n) is 3.77. The van der Waals surface area contributed by atoms with Gasteiger partial charge in [-0.1, -0.05) is 0 Å². The molecule has 0 amide bonds. The van der Waals surface area contributed by atoms with Crippen LogP contribution in [0.5, 0.6) is 0 Å². The first-order valence-electron chi connectivity index (χ1n) is 7.27. The zero-order valence-corrected chi connectivity index (χ0v) is 13.1. The molecule has 1 aliphatic rings. The van der Waals surface area contributed by atoms with E-state index in [0.29, 0.717) is 0 Å². The van der Waals surface area contributed by atoms with E-state index in [-0.39, 0.29) is 12.1 Å². The van der Waals surface area contributed by atoms with Crippen molar-refractivity contribution in [3.63, 3.8) is 0 Å². The van der Waals surface area contributed by atoms with Gasteiger partial charge in [-0.25, -0.2) is 0 Å². The molecule has 0 aromatic heterocycles. The van der Waals surface area contributed by atoms with Crippen LogP contribution in [0.2, 0.25) is 0 Å². The Kier molecular flexibility index (Phi) is 5.68. The van der Waals surface area contributed by atoms with Crippen molar-refractivity contribution in [3.05, 3.63) is 34.4 Å². The summed E-state index contributed by atoms with van der Waals surface area (Å²) in [7, 11) is 0. The van der Waals surface area contributed by atoms with Crippen LogP contribution in [0.1, 0.15) is 34.8 Å². The van der Waals surface area contributed by atoms with E-state index in [1.165, 1.54) is 0 Å². The first-order chi connectivity index (χ1) is 12.2. The summed E-state index contributed by atoms with van der Waals surface area (Å²) in [6, 6.07) is 1.28. The number of rotatable bonds is 1. The average molecular weight is 407 g/mol. The number of benzene rings is 1. The molecule has 0 bridgehead atoms. The number of nitriles is 1. The Bertz CT molecular complexity index is 696. The monoisotopic (exact) mass is 407 g/mol. The summed E-state index contributed by atoms with van der Waals surface area (Å²) in [5.41, 5.74) is -6.22. The molecular formula is C15H10F9NO2. The van der Waals surface area contributed by atoms with Crippen LogP contribution in [-0.2, 0) is 21.8 Å². The molecule has 1 aromatic carbocycles. The first kappa shape index (κ1) is 21.3. The highest BCUT2D eigenvalue weighted by atomic mass is 19.4. The zero-order valence-electron chi connectivity index (χ0n) is 13.1. The minimum absolute atomic E-state index is 0.206. The Morgan fingerprint density at radius 1 is 0.852 bits per heavy atom. The summed E-state index contributed by atoms with van der Waals surface area (Å²) in [5, 5.41) is 8.77. The van der Waals surface area contributed by atoms with Crippen LogP contribution in [0, 0.1) is 11.3 Å². The Hall–Kier alpha value is -2.00. The van der Waals surface area contributed by atoms with Gasteiger partial charge >= 0.3 is 18.5 Å². The van der Waals surface area contributed by atoms with Crippen molar-refractivity contribution in [3.8, 4) is 6.07 Å². The lowest BCUT2D eigenvalue weighted by Crippen LogP contribution is -2.32. The number of ether oxygens (including phenoxy) is 2. The van der Waals surface area contributed by atoms with E-state index in [4.69, 9.17) is 10.00 Å². The number of halogens is 9. The topological polar surface area (TPSA) is 42.2 Å². The molecule has 27 heavy (non-hydrogen) atoms. The predicted molar refractivity (Wildman–Crippen MR) is 70.3 cm³/mol. The molecule has 0 aliphatic carbocycles. The molecule has 0 N–H and O–H groups in total. The molecule has 0 spiro atoms. The fraction of sp³-hybridized carbons (Fsp3) is 0.533. The summed E-state index contributed by atoms with van der Waals surface area (Å²) >= 11 is 0. The van der Waals surface area contributed by atoms with Gasteiger partial charge in [0.25, 0.3) is 0 Å². The van der Waals surface area contributed by atoms with Crippen molar-refractivity contribution in [2.45, 2.75) is 37.2 Å². The van der Waals surface area contributed by atoms with E-state index >= 15 is 0 Å². The Morgan fingerprint density at radius 3 is 1.74 bits per heavy atom. The van der Waals surface area contributed by atoms with Gasteiger partial charge in [0.2, 0.25) is 0 Å². The Labute approximate surface area is 146 Å². The molecule has 3 nitrogen and oxygen atoms in total. The third kappa shape index (κ3) is 4.84. The summed E-state index contributed by atoms with van der Waals surface area (Å²) in [4.78, 5) is 0. The molecule has 1 aromatic rings. The lowest BCUT2D eigenvalue weighted by molar-refractivity contribution is -0.220. The van der Waals surface area contributed by atoms with Crippen molar-refractivity contribution >= 4 is 0 Å². The summed E-state index contributed by atoms with van der Waals surface area (Å²) in [5.74, 6) is 0. The van der Waals surface area contributed by atoms with E-state index < -0.39 is 72.6 Å². The molecule has 2 unspecified atom stereocenters. The molecule has 2 atom stereocenters. The molecule has 0 saturated carbocycles. The van der Waals surface area contributed by atoms with E-state index in [1.54, 1.807) is 0 Å². The van der Waals surface area contributed by atoms with E-state index in [1.807, 2.05) is 0 Å². The molecule has 1 fully saturated rings. The van der Waals surface area contributed by atoms with E-state index in [0.717, 1.165) is 6.07 Å². The van der Waals surface area contributed by atoms with E-state index in [2.05, 4.69) is 4.74 Å². The van der Waals surface area contributed by atoms with Crippen LogP contribution in [0.25, 0.3) is 0 Å². The fourth-order valence-corrected chi connectivity index (χ4v) is 2.59. The standard InChI is InChI=1S/C15H10F9NO2/c16-13(17,18)9-3-7(4-10(8(9)6-25)14(19,20)21)11-5-12(15(22,23)24)27-2-1-26-11/h3-4,11-12H,1-2,5H2. The SMILES string of the molecule is N#Cc1c(C(F)(F)F)cc(C2CC(C(F)(F)F)OCCO2)cc1C(F)(F)F. The lowest BCUT2D eigenvalue weighted by Gasteiger charge is -2.24. The predicted octanol–water partition coefficient (Wildman–Crippen LogP) is 5.00. The summed E-state index contributed by atoms with van der Waals surface area (Å²) in [6.07, 6.45) is -20.7. The number of nitrogens with zero attached hydrogens (tertiary/aromatic N) is 1. The molecular weight excluding hydrogens is 397 g/mol. The van der Waals surface area contributed by atoms with Gasteiger partial charge in [-0.05, 0) is 17.7 Å². The maximum absolute atomic E-state index is 13.1. The second kappa shape index (κ2) is 7.20. The molecule has 2 rings (SSSR count). The maximum atomic E-state index is 13.1. The molecule has 1 saturated heterocycles. The smallest absolute Gasteiger partial charge is 0.371 e. The largest absolute Gasteiger partial charge is 0.417 e. The molecule has 150 valence electrons. The molecule has 1 aliphatic heterocycles. The number of alkyl halides is 9. The van der Waals surface area contributed by atoms with Crippen LogP contribution in [0.15, 0.2) is 12.1 Å². The van der Waals surface area contributed by atoms with Gasteiger partial charge in [0.05, 0.1) is 36.0 Å². The Balaban J connectivity index is 2.61. The van der Waals surface area contributed by atoms with Crippen molar-refractivity contribution in [2.75, 3.05) is 13.2 Å². The molecule has 1 heterocycles. The second-order valence-corrected chi connectivity index (χ2v) is 5.59. The van der Waals surface area contributed by atoms with Gasteiger partial charge in [0.1, 0.15) is 6.07 Å². The van der Waals surface area contributed by atoms with Gasteiger partial charge in [-0.2, -0.15) is 44.8 Å². The van der Waals surface area contributed by atoms with Crippen molar-refractivity contribution in [1.82, 2.24) is 0 Å². The van der Waals surface area contributed by atoms with Gasteiger partial charge in [0, 0.05) is 6.42 Å². The van der Waals surface area contributed by atoms with Gasteiger partial charge in [-0.3, -0.25) is 0 Å². The minimum atomic E-state index is -5.33. The quantitative estimate of drug-likeness (QED) is 0.615. The molecule has 12 heteroatoms. The average Bonchev–Trinajstić information content (AvgIpc) is 2.77. The van der Waals surface area contributed by atoms with Crippen LogP contribution >= 0.6 is 0 Å². The van der Waals surface area contributed by atoms with E-state index in [9.17, 15) is 39.5 Å². The first-order valence-corrected chi connectivity index (χ1v) is 7.27. The molecule has 0 radical (unpaired) electrons. The maximum Gasteiger partial charge on any atom is 0.417 e. The zero-order chi connectivity index (χ0) is 20.6. The highest BCUT2D eigenvalue weighted by Gasteiger charge is 2.45. The van der Waals surface area contributed by atoms with Gasteiger partial charge in [0.15, 0.2) is 6.10 Å². The van der Waals surface area contributed by atoms with Crippen molar-refractivity contribution < 1.29 is 49.0 Å². The Morgan fingerprint density at radius 2 is 1.33 bits per heavy atom. The fourth-order valence-electron chi connectivity index (χ4n) is 2.59. The van der Waals surface area contributed by atoms with Crippen LogP contribution in [0.3, 0.4) is 0 Å². The van der Waals surface area contributed by atoms with Gasteiger partial charge < -0.3 is 9.47 Å². The van der Waals surface area contributed by atoms with Crippen molar-refractivity contribution in [2.24, 2.45) is 0 Å². The summed E-state index contributed by atoms with van der Waals surface area (Å²) in [6.45, 7) is -0.991. The van der Waals surface area contributed by atoms with Gasteiger partial charge in [-0.15, -0.1) is 0 Å². The third-order valence-corrected chi connectivity index (χ3v) is 3.77. The highest BCUT2D eigenvalue weighted by Crippen LogP contribution is 2.43. The summed E-state index contributed by atoms with van der Waals surface area (Å²) < 4.78 is 127. The van der Waals surface area contributed by atoms with Crippen LogP contribution in [0.4, 0.5) is 39.5 Å². The number of hydrogen-bond donors (Lipinski definition) is 0. The normalized spacial score (nSPS) is 22.2. The second-order valence-electron chi connectivity index (χ2n) is 5.59. The van der Waals surface area contributed by atoms with Crippen LogP contribution < -0.4 is 0 Å². The van der Waals surface area contributed by atoms with Crippen LogP contribution in [-0.4, -0.2) is 25.5 Å². The minimum Gasteiger partial charge on any atom is -0.371 e. The van der Waals surface area contributed by atoms with Crippen molar-refractivity contribution in [1.29, 1.82) is 5.26 Å².